The molecule has 0 bridgehead atoms. The van der Waals surface area contributed by atoms with E-state index in [9.17, 15) is 13.9 Å². The van der Waals surface area contributed by atoms with Crippen molar-refractivity contribution in [2.45, 2.75) is 31.4 Å². The Hall–Kier alpha value is -1.50. The lowest BCUT2D eigenvalue weighted by Gasteiger charge is -2.23. The van der Waals surface area contributed by atoms with Crippen molar-refractivity contribution in [3.63, 3.8) is 0 Å². The summed E-state index contributed by atoms with van der Waals surface area (Å²) < 4.78 is 30.3. The first kappa shape index (κ1) is 16.4. The maximum absolute atomic E-state index is 12.8. The Kier molecular flexibility index (Phi) is 4.66. The summed E-state index contributed by atoms with van der Waals surface area (Å²) in [6.45, 7) is 1.28. The molecular formula is C16H17ClF2N2O2. The lowest BCUT2D eigenvalue weighted by molar-refractivity contribution is 0.0484. The largest absolute Gasteiger partial charge is 0.442 e. The number of aliphatic hydroxyl groups is 1. The van der Waals surface area contributed by atoms with E-state index in [1.165, 1.54) is 0 Å². The third-order valence-electron chi connectivity index (χ3n) is 4.10. The summed E-state index contributed by atoms with van der Waals surface area (Å²) in [5, 5.41) is 11.4. The SMILES string of the molecule is OC1(Cc2ccc(Cl)cc2)CCN(Cc2ncoc2C(F)F)C1. The number of nitrogens with zero attached hydrogens (tertiary/aromatic N) is 2. The third kappa shape index (κ3) is 3.88. The third-order valence-corrected chi connectivity index (χ3v) is 4.35. The van der Waals surface area contributed by atoms with Crippen LogP contribution in [0.1, 0.15) is 29.9 Å². The van der Waals surface area contributed by atoms with Gasteiger partial charge in [0.25, 0.3) is 6.43 Å². The van der Waals surface area contributed by atoms with Gasteiger partial charge >= 0.3 is 0 Å². The van der Waals surface area contributed by atoms with E-state index in [0.29, 0.717) is 31.0 Å². The predicted octanol–water partition coefficient (Wildman–Crippen LogP) is 3.45. The van der Waals surface area contributed by atoms with Crippen LogP contribution in [-0.2, 0) is 13.0 Å². The number of alkyl halides is 2. The molecule has 1 saturated heterocycles. The average Bonchev–Trinajstić information content (AvgIpc) is 3.09. The van der Waals surface area contributed by atoms with Crippen LogP contribution in [0.2, 0.25) is 5.02 Å². The average molecular weight is 343 g/mol. The molecule has 0 amide bonds. The fourth-order valence-electron chi connectivity index (χ4n) is 2.99. The maximum Gasteiger partial charge on any atom is 0.297 e. The van der Waals surface area contributed by atoms with Crippen molar-refractivity contribution >= 4 is 11.6 Å². The van der Waals surface area contributed by atoms with Crippen LogP contribution >= 0.6 is 11.6 Å². The normalized spacial score (nSPS) is 22.1. The molecule has 1 aliphatic heterocycles. The van der Waals surface area contributed by atoms with Gasteiger partial charge in [-0.2, -0.15) is 0 Å². The minimum Gasteiger partial charge on any atom is -0.442 e. The molecule has 7 heteroatoms. The van der Waals surface area contributed by atoms with Crippen LogP contribution in [0.15, 0.2) is 35.1 Å². The molecule has 124 valence electrons. The highest BCUT2D eigenvalue weighted by Crippen LogP contribution is 2.29. The number of hydrogen-bond donors (Lipinski definition) is 1. The highest BCUT2D eigenvalue weighted by molar-refractivity contribution is 6.30. The lowest BCUT2D eigenvalue weighted by Crippen LogP contribution is -2.35. The fraction of sp³-hybridized carbons (Fsp3) is 0.438. The van der Waals surface area contributed by atoms with E-state index in [0.717, 1.165) is 12.0 Å². The van der Waals surface area contributed by atoms with Gasteiger partial charge < -0.3 is 9.52 Å². The molecule has 1 aliphatic rings. The Labute approximate surface area is 137 Å². The zero-order valence-corrected chi connectivity index (χ0v) is 13.1. The number of oxazole rings is 1. The maximum atomic E-state index is 12.8. The summed E-state index contributed by atoms with van der Waals surface area (Å²) in [4.78, 5) is 5.77. The van der Waals surface area contributed by atoms with E-state index in [1.807, 2.05) is 17.0 Å². The molecule has 2 heterocycles. The topological polar surface area (TPSA) is 49.5 Å². The summed E-state index contributed by atoms with van der Waals surface area (Å²) in [5.41, 5.74) is 0.354. The smallest absolute Gasteiger partial charge is 0.297 e. The molecule has 1 aromatic heterocycles. The van der Waals surface area contributed by atoms with Crippen molar-refractivity contribution in [2.24, 2.45) is 0 Å². The Morgan fingerprint density at radius 2 is 2.09 bits per heavy atom. The summed E-state index contributed by atoms with van der Waals surface area (Å²) in [5.74, 6) is -0.391. The van der Waals surface area contributed by atoms with Crippen molar-refractivity contribution in [3.05, 3.63) is 52.7 Å². The Bertz CT molecular complexity index is 662. The summed E-state index contributed by atoms with van der Waals surface area (Å²) in [6.07, 6.45) is -0.561. The molecule has 23 heavy (non-hydrogen) atoms. The van der Waals surface area contributed by atoms with Crippen molar-refractivity contribution in [2.75, 3.05) is 13.1 Å². The number of aromatic nitrogens is 1. The first-order chi connectivity index (χ1) is 11.0. The van der Waals surface area contributed by atoms with E-state index in [4.69, 9.17) is 16.0 Å². The second-order valence-electron chi connectivity index (χ2n) is 5.95. The van der Waals surface area contributed by atoms with Crippen molar-refractivity contribution in [3.8, 4) is 0 Å². The standard InChI is InChI=1S/C16H17ClF2N2O2/c17-12-3-1-11(2-4-12)7-16(22)5-6-21(9-16)8-13-14(15(18)19)23-10-20-13/h1-4,10,15,22H,5-9H2. The molecule has 3 rings (SSSR count). The predicted molar refractivity (Wildman–Crippen MR) is 81.5 cm³/mol. The van der Waals surface area contributed by atoms with Crippen LogP contribution < -0.4 is 0 Å². The molecule has 0 radical (unpaired) electrons. The van der Waals surface area contributed by atoms with Crippen LogP contribution in [0.4, 0.5) is 8.78 Å². The zero-order chi connectivity index (χ0) is 16.4. The van der Waals surface area contributed by atoms with Crippen LogP contribution in [0, 0.1) is 0 Å². The quantitative estimate of drug-likeness (QED) is 0.904. The molecule has 4 nitrogen and oxygen atoms in total. The van der Waals surface area contributed by atoms with Gasteiger partial charge in [0.2, 0.25) is 0 Å². The lowest BCUT2D eigenvalue weighted by atomic mass is 9.94. The number of benzene rings is 1. The number of β-amino-alcohol motifs (C(OH)–C–C–N with tert-alkyl or cyclic N) is 1. The summed E-state index contributed by atoms with van der Waals surface area (Å²) >= 11 is 5.86. The highest BCUT2D eigenvalue weighted by Gasteiger charge is 2.36. The second-order valence-corrected chi connectivity index (χ2v) is 6.39. The monoisotopic (exact) mass is 342 g/mol. The Balaban J connectivity index is 1.63. The molecule has 2 aromatic rings. The first-order valence-electron chi connectivity index (χ1n) is 7.35. The zero-order valence-electron chi connectivity index (χ0n) is 12.4. The Morgan fingerprint density at radius 3 is 2.78 bits per heavy atom. The minimum absolute atomic E-state index is 0.232. The molecule has 1 atom stereocenters. The number of rotatable bonds is 5. The van der Waals surface area contributed by atoms with Gasteiger partial charge in [0.05, 0.1) is 5.60 Å². The second kappa shape index (κ2) is 6.55. The van der Waals surface area contributed by atoms with E-state index in [2.05, 4.69) is 4.98 Å². The molecule has 1 aromatic carbocycles. The van der Waals surface area contributed by atoms with Crippen molar-refractivity contribution < 1.29 is 18.3 Å². The fourth-order valence-corrected chi connectivity index (χ4v) is 3.11. The van der Waals surface area contributed by atoms with E-state index >= 15 is 0 Å². The van der Waals surface area contributed by atoms with Crippen LogP contribution in [-0.4, -0.2) is 33.7 Å². The summed E-state index contributed by atoms with van der Waals surface area (Å²) in [7, 11) is 0. The summed E-state index contributed by atoms with van der Waals surface area (Å²) in [6, 6.07) is 7.35. The van der Waals surface area contributed by atoms with Gasteiger partial charge in [-0.05, 0) is 24.1 Å². The van der Waals surface area contributed by atoms with Gasteiger partial charge in [0.1, 0.15) is 5.69 Å². The minimum atomic E-state index is -2.68. The number of halogens is 3. The van der Waals surface area contributed by atoms with Crippen LogP contribution in [0.25, 0.3) is 0 Å². The van der Waals surface area contributed by atoms with Gasteiger partial charge in [0.15, 0.2) is 12.2 Å². The number of hydrogen-bond acceptors (Lipinski definition) is 4. The van der Waals surface area contributed by atoms with Crippen molar-refractivity contribution in [1.29, 1.82) is 0 Å². The molecule has 0 spiro atoms. The Morgan fingerprint density at radius 1 is 1.35 bits per heavy atom. The van der Waals surface area contributed by atoms with Crippen LogP contribution in [0.3, 0.4) is 0 Å². The molecule has 0 aliphatic carbocycles. The van der Waals surface area contributed by atoms with E-state index < -0.39 is 17.8 Å². The first-order valence-corrected chi connectivity index (χ1v) is 7.73. The van der Waals surface area contributed by atoms with E-state index in [1.54, 1.807) is 12.1 Å². The molecule has 1 fully saturated rings. The molecule has 1 unspecified atom stereocenters. The van der Waals surface area contributed by atoms with Gasteiger partial charge in [-0.3, -0.25) is 4.90 Å². The van der Waals surface area contributed by atoms with Crippen molar-refractivity contribution in [1.82, 2.24) is 9.88 Å². The van der Waals surface area contributed by atoms with Gasteiger partial charge in [-0.1, -0.05) is 23.7 Å². The van der Waals surface area contributed by atoms with Gasteiger partial charge in [-0.25, -0.2) is 13.8 Å². The molecular weight excluding hydrogens is 326 g/mol. The number of likely N-dealkylation sites (tertiary alicyclic amines) is 1. The van der Waals surface area contributed by atoms with Crippen LogP contribution in [0.5, 0.6) is 0 Å². The molecule has 0 saturated carbocycles. The highest BCUT2D eigenvalue weighted by atomic mass is 35.5. The van der Waals surface area contributed by atoms with Gasteiger partial charge in [0, 0.05) is 31.1 Å². The van der Waals surface area contributed by atoms with E-state index in [-0.39, 0.29) is 12.2 Å². The van der Waals surface area contributed by atoms with Gasteiger partial charge in [-0.15, -0.1) is 0 Å². The molecule has 1 N–H and O–H groups in total.